The fraction of sp³-hybridized carbons (Fsp3) is 0.485. The molecule has 7 nitrogen and oxygen atoms in total. The van der Waals surface area contributed by atoms with Gasteiger partial charge in [-0.15, -0.1) is 0 Å². The Morgan fingerprint density at radius 3 is 2.66 bits per heavy atom. The second-order valence-electron chi connectivity index (χ2n) is 12.1. The zero-order valence-corrected chi connectivity index (χ0v) is 24.7. The number of rotatable bonds is 8. The highest BCUT2D eigenvalue weighted by Gasteiger charge is 2.36. The molecule has 5 rings (SSSR count). The van der Waals surface area contributed by atoms with E-state index in [1.54, 1.807) is 0 Å². The van der Waals surface area contributed by atoms with Gasteiger partial charge in [-0.1, -0.05) is 0 Å². The summed E-state index contributed by atoms with van der Waals surface area (Å²) in [7, 11) is 0. The van der Waals surface area contributed by atoms with Crippen molar-refractivity contribution >= 4 is 5.97 Å². The highest BCUT2D eigenvalue weighted by Crippen LogP contribution is 2.44. The van der Waals surface area contributed by atoms with Crippen LogP contribution in [0.5, 0.6) is 5.75 Å². The third-order valence-corrected chi connectivity index (χ3v) is 8.01. The zero-order chi connectivity index (χ0) is 29.3. The van der Waals surface area contributed by atoms with Crippen molar-refractivity contribution in [1.82, 2.24) is 14.9 Å². The van der Waals surface area contributed by atoms with Crippen LogP contribution in [0.1, 0.15) is 78.9 Å². The summed E-state index contributed by atoms with van der Waals surface area (Å²) in [5, 5.41) is 10.4. The van der Waals surface area contributed by atoms with Gasteiger partial charge in [0.2, 0.25) is 0 Å². The first-order valence-corrected chi connectivity index (χ1v) is 14.5. The predicted octanol–water partition coefficient (Wildman–Crippen LogP) is 6.16. The minimum absolute atomic E-state index is 0.317. The van der Waals surface area contributed by atoms with Crippen molar-refractivity contribution in [3.8, 4) is 16.9 Å². The van der Waals surface area contributed by atoms with E-state index in [4.69, 9.17) is 14.5 Å². The Morgan fingerprint density at radius 2 is 1.95 bits per heavy atom. The fourth-order valence-corrected chi connectivity index (χ4v) is 6.14. The van der Waals surface area contributed by atoms with Crippen LogP contribution in [0.3, 0.4) is 0 Å². The molecule has 0 saturated heterocycles. The van der Waals surface area contributed by atoms with E-state index in [2.05, 4.69) is 9.88 Å². The van der Waals surface area contributed by atoms with Gasteiger partial charge in [0.05, 0.1) is 12.2 Å². The lowest BCUT2D eigenvalue weighted by Gasteiger charge is -2.34. The van der Waals surface area contributed by atoms with Crippen molar-refractivity contribution in [2.24, 2.45) is 0 Å². The Balaban J connectivity index is 1.62. The van der Waals surface area contributed by atoms with Crippen molar-refractivity contribution < 1.29 is 23.8 Å². The van der Waals surface area contributed by atoms with Gasteiger partial charge in [-0.05, 0) is 113 Å². The number of pyridine rings is 2. The lowest BCUT2D eigenvalue weighted by atomic mass is 9.83. The SMILES string of the molecule is Cc1nc2c(c(-c3cc(F)c4c(c3C)CCCO4)c1[C@H](OC(C)(C)C)C(=O)O)CN(CCCc1ccncc1)CC2. The quantitative estimate of drug-likeness (QED) is 0.353. The minimum atomic E-state index is -1.25. The number of carboxylic acids is 1. The maximum Gasteiger partial charge on any atom is 0.337 e. The third kappa shape index (κ3) is 6.28. The number of halogens is 1. The Morgan fingerprint density at radius 1 is 1.20 bits per heavy atom. The smallest absolute Gasteiger partial charge is 0.337 e. The van der Waals surface area contributed by atoms with Crippen LogP contribution in [0.25, 0.3) is 11.1 Å². The van der Waals surface area contributed by atoms with Crippen LogP contribution in [0.2, 0.25) is 0 Å². The second-order valence-corrected chi connectivity index (χ2v) is 12.1. The van der Waals surface area contributed by atoms with Crippen molar-refractivity contribution in [3.05, 3.63) is 75.6 Å². The van der Waals surface area contributed by atoms with E-state index in [1.807, 2.05) is 59.1 Å². The zero-order valence-electron chi connectivity index (χ0n) is 24.7. The maximum absolute atomic E-state index is 15.6. The van der Waals surface area contributed by atoms with E-state index in [0.717, 1.165) is 73.1 Å². The number of aliphatic carboxylic acids is 1. The number of carbonyl (C=O) groups is 1. The molecule has 1 atom stereocenters. The first kappa shape index (κ1) is 29.1. The normalized spacial score (nSPS) is 16.0. The number of ether oxygens (including phenoxy) is 2. The average Bonchev–Trinajstić information content (AvgIpc) is 2.93. The number of aryl methyl sites for hydroxylation is 2. The molecular weight excluding hydrogens is 521 g/mol. The van der Waals surface area contributed by atoms with Crippen LogP contribution in [0.15, 0.2) is 30.6 Å². The molecule has 41 heavy (non-hydrogen) atoms. The number of benzene rings is 1. The molecule has 2 aromatic heterocycles. The summed E-state index contributed by atoms with van der Waals surface area (Å²) >= 11 is 0. The largest absolute Gasteiger partial charge is 0.490 e. The number of hydrogen-bond donors (Lipinski definition) is 1. The topological polar surface area (TPSA) is 84.8 Å². The summed E-state index contributed by atoms with van der Waals surface area (Å²) in [6.45, 7) is 12.2. The van der Waals surface area contributed by atoms with Crippen molar-refractivity contribution in [2.75, 3.05) is 19.7 Å². The molecular formula is C33H40FN3O4. The van der Waals surface area contributed by atoms with Crippen molar-refractivity contribution in [2.45, 2.75) is 85.0 Å². The first-order chi connectivity index (χ1) is 19.5. The van der Waals surface area contributed by atoms with Gasteiger partial charge in [0.25, 0.3) is 0 Å². The highest BCUT2D eigenvalue weighted by molar-refractivity contribution is 5.84. The van der Waals surface area contributed by atoms with Crippen LogP contribution in [0, 0.1) is 19.7 Å². The minimum Gasteiger partial charge on any atom is -0.490 e. The van der Waals surface area contributed by atoms with E-state index in [9.17, 15) is 9.90 Å². The Labute approximate surface area is 241 Å². The second kappa shape index (κ2) is 11.9. The van der Waals surface area contributed by atoms with Crippen LogP contribution in [0.4, 0.5) is 4.39 Å². The monoisotopic (exact) mass is 561 g/mol. The molecule has 0 unspecified atom stereocenters. The summed E-state index contributed by atoms with van der Waals surface area (Å²) in [6.07, 6.45) is 6.59. The van der Waals surface area contributed by atoms with Crippen LogP contribution in [-0.4, -0.2) is 51.2 Å². The summed E-state index contributed by atoms with van der Waals surface area (Å²) in [4.78, 5) is 24.2. The van der Waals surface area contributed by atoms with Gasteiger partial charge in [-0.3, -0.25) is 14.9 Å². The van der Waals surface area contributed by atoms with Crippen LogP contribution < -0.4 is 4.74 Å². The number of nitrogens with zero attached hydrogens (tertiary/aromatic N) is 3. The van der Waals surface area contributed by atoms with E-state index in [1.165, 1.54) is 11.6 Å². The average molecular weight is 562 g/mol. The van der Waals surface area contributed by atoms with E-state index < -0.39 is 23.5 Å². The van der Waals surface area contributed by atoms with Gasteiger partial charge < -0.3 is 14.6 Å². The molecule has 0 radical (unpaired) electrons. The third-order valence-electron chi connectivity index (χ3n) is 8.01. The number of fused-ring (bicyclic) bond motifs is 2. The van der Waals surface area contributed by atoms with Crippen molar-refractivity contribution in [3.63, 3.8) is 0 Å². The van der Waals surface area contributed by atoms with Gasteiger partial charge in [-0.25, -0.2) is 9.18 Å². The first-order valence-electron chi connectivity index (χ1n) is 14.5. The summed E-state index contributed by atoms with van der Waals surface area (Å²) in [6, 6.07) is 5.61. The lowest BCUT2D eigenvalue weighted by Crippen LogP contribution is -2.34. The standard InChI is InChI=1S/C33H40FN3O4/c1-20-23-9-7-17-40-30(23)26(34)18-24(20)29-25-19-37(15-6-8-22-10-13-35-14-11-22)16-12-27(25)36-21(2)28(29)31(32(38)39)41-33(3,4)5/h10-11,13-14,18,31H,6-9,12,15-17,19H2,1-5H3,(H,38,39)/t31-/m0/s1. The predicted molar refractivity (Wildman–Crippen MR) is 156 cm³/mol. The van der Waals surface area contributed by atoms with Crippen LogP contribution >= 0.6 is 0 Å². The molecule has 0 fully saturated rings. The molecule has 218 valence electrons. The molecule has 1 aromatic carbocycles. The van der Waals surface area contributed by atoms with Crippen LogP contribution in [-0.2, 0) is 35.3 Å². The lowest BCUT2D eigenvalue weighted by molar-refractivity contribution is -0.160. The maximum atomic E-state index is 15.6. The molecule has 0 amide bonds. The Hall–Kier alpha value is -3.36. The molecule has 2 aliphatic rings. The molecule has 0 saturated carbocycles. The number of carboxylic acid groups (broad SMARTS) is 1. The van der Waals surface area contributed by atoms with E-state index in [-0.39, 0.29) is 0 Å². The molecule has 1 N–H and O–H groups in total. The van der Waals surface area contributed by atoms with Gasteiger partial charge in [0.1, 0.15) is 0 Å². The summed E-state index contributed by atoms with van der Waals surface area (Å²) in [5.41, 5.74) is 6.77. The van der Waals surface area contributed by atoms with E-state index in [0.29, 0.717) is 35.7 Å². The molecule has 8 heteroatoms. The molecule has 0 spiro atoms. The highest BCUT2D eigenvalue weighted by atomic mass is 19.1. The summed E-state index contributed by atoms with van der Waals surface area (Å²) in [5.74, 6) is -1.18. The van der Waals surface area contributed by atoms with Gasteiger partial charge in [0.15, 0.2) is 17.7 Å². The van der Waals surface area contributed by atoms with Gasteiger partial charge in [-0.2, -0.15) is 0 Å². The van der Waals surface area contributed by atoms with Gasteiger partial charge in [0, 0.05) is 54.4 Å². The number of aromatic nitrogens is 2. The molecule has 4 heterocycles. The van der Waals surface area contributed by atoms with Crippen molar-refractivity contribution in [1.29, 1.82) is 0 Å². The number of hydrogen-bond acceptors (Lipinski definition) is 6. The molecule has 0 bridgehead atoms. The Bertz CT molecular complexity index is 1440. The van der Waals surface area contributed by atoms with Gasteiger partial charge >= 0.3 is 5.97 Å². The molecule has 0 aliphatic carbocycles. The van der Waals surface area contributed by atoms with E-state index >= 15 is 4.39 Å². The fourth-order valence-electron chi connectivity index (χ4n) is 6.14. The molecule has 3 aromatic rings. The molecule has 2 aliphatic heterocycles. The Kier molecular flexibility index (Phi) is 8.43. The summed E-state index contributed by atoms with van der Waals surface area (Å²) < 4.78 is 27.5.